The first-order valence-electron chi connectivity index (χ1n) is 14.1. The number of nitrogens with zero attached hydrogens (tertiary/aromatic N) is 2. The topological polar surface area (TPSA) is 54.3 Å². The van der Waals surface area contributed by atoms with Gasteiger partial charge in [-0.25, -0.2) is 0 Å². The molecule has 39 heavy (non-hydrogen) atoms. The molecule has 0 saturated carbocycles. The molecule has 3 aromatic carbocycles. The Morgan fingerprint density at radius 3 is 2.36 bits per heavy atom. The summed E-state index contributed by atoms with van der Waals surface area (Å²) in [5, 5.41) is 4.40. The zero-order chi connectivity index (χ0) is 27.7. The smallest absolute Gasteiger partial charge is 0.255 e. The van der Waals surface area contributed by atoms with Crippen LogP contribution < -0.4 is 5.32 Å². The molecule has 5 rings (SSSR count). The number of fused-ring (bicyclic) bond motifs is 2. The second-order valence-electron chi connectivity index (χ2n) is 11.0. The van der Waals surface area contributed by atoms with E-state index in [1.807, 2.05) is 59.5 Å². The molecule has 4 aromatic rings. The van der Waals surface area contributed by atoms with Crippen molar-refractivity contribution in [1.82, 2.24) is 14.8 Å². The minimum atomic E-state index is -0.586. The van der Waals surface area contributed by atoms with E-state index in [9.17, 15) is 9.59 Å². The Hall–Kier alpha value is -3.86. The Kier molecular flexibility index (Phi) is 7.60. The van der Waals surface area contributed by atoms with Crippen LogP contribution in [0.25, 0.3) is 10.9 Å². The van der Waals surface area contributed by atoms with Gasteiger partial charge in [-0.2, -0.15) is 0 Å². The SMILES string of the molecule is CCC(C)C(C(=O)NC(C)CCc1ccccc1)N1C(=O)c2ccccc2C1c1c(C)n(C)c2ccccc12. The molecule has 5 heteroatoms. The highest BCUT2D eigenvalue weighted by atomic mass is 16.2. The van der Waals surface area contributed by atoms with Gasteiger partial charge >= 0.3 is 0 Å². The fourth-order valence-electron chi connectivity index (χ4n) is 6.12. The molecule has 4 atom stereocenters. The molecule has 202 valence electrons. The second-order valence-corrected chi connectivity index (χ2v) is 11.0. The molecule has 1 N–H and O–H groups in total. The van der Waals surface area contributed by atoms with Gasteiger partial charge in [-0.3, -0.25) is 9.59 Å². The normalized spacial score (nSPS) is 17.2. The number of rotatable bonds is 9. The molecule has 2 amide bonds. The summed E-state index contributed by atoms with van der Waals surface area (Å²) in [5.74, 6) is -0.156. The van der Waals surface area contributed by atoms with E-state index in [2.05, 4.69) is 68.9 Å². The van der Waals surface area contributed by atoms with Crippen LogP contribution in [0, 0.1) is 12.8 Å². The molecule has 0 saturated heterocycles. The summed E-state index contributed by atoms with van der Waals surface area (Å²) in [6.45, 7) is 8.35. The number of nitrogens with one attached hydrogen (secondary N) is 1. The quantitative estimate of drug-likeness (QED) is 0.270. The molecule has 1 aliphatic heterocycles. The van der Waals surface area contributed by atoms with Crippen LogP contribution >= 0.6 is 0 Å². The van der Waals surface area contributed by atoms with E-state index in [-0.39, 0.29) is 29.8 Å². The van der Waals surface area contributed by atoms with Gasteiger partial charge in [-0.15, -0.1) is 0 Å². The summed E-state index contributed by atoms with van der Waals surface area (Å²) >= 11 is 0. The number of benzene rings is 3. The van der Waals surface area contributed by atoms with Crippen LogP contribution in [0.1, 0.15) is 72.4 Å². The number of carbonyl (C=O) groups is 2. The molecule has 5 nitrogen and oxygen atoms in total. The van der Waals surface area contributed by atoms with Crippen molar-refractivity contribution in [2.24, 2.45) is 13.0 Å². The van der Waals surface area contributed by atoms with Gasteiger partial charge in [0.15, 0.2) is 0 Å². The molecule has 2 heterocycles. The Bertz CT molecular complexity index is 1490. The number of aromatic nitrogens is 1. The maximum Gasteiger partial charge on any atom is 0.255 e. The van der Waals surface area contributed by atoms with Crippen LogP contribution in [0.2, 0.25) is 0 Å². The second kappa shape index (κ2) is 11.1. The first-order chi connectivity index (χ1) is 18.8. The molecular weight excluding hydrogens is 482 g/mol. The fraction of sp³-hybridized carbons (Fsp3) is 0.353. The van der Waals surface area contributed by atoms with Crippen molar-refractivity contribution in [3.05, 3.63) is 107 Å². The summed E-state index contributed by atoms with van der Waals surface area (Å²) < 4.78 is 2.19. The minimum absolute atomic E-state index is 0.0117. The molecule has 4 unspecified atom stereocenters. The predicted octanol–water partition coefficient (Wildman–Crippen LogP) is 6.58. The van der Waals surface area contributed by atoms with Gasteiger partial charge in [0.05, 0.1) is 6.04 Å². The van der Waals surface area contributed by atoms with Gasteiger partial charge in [-0.05, 0) is 55.9 Å². The average molecular weight is 522 g/mol. The number of hydrogen-bond acceptors (Lipinski definition) is 2. The Morgan fingerprint density at radius 1 is 0.949 bits per heavy atom. The Balaban J connectivity index is 1.53. The van der Waals surface area contributed by atoms with Gasteiger partial charge in [0, 0.05) is 40.8 Å². The van der Waals surface area contributed by atoms with Crippen molar-refractivity contribution in [3.63, 3.8) is 0 Å². The van der Waals surface area contributed by atoms with Gasteiger partial charge in [0.1, 0.15) is 6.04 Å². The third-order valence-corrected chi connectivity index (χ3v) is 8.57. The summed E-state index contributed by atoms with van der Waals surface area (Å²) in [6, 6.07) is 25.6. The molecule has 0 spiro atoms. The Morgan fingerprint density at radius 2 is 1.62 bits per heavy atom. The van der Waals surface area contributed by atoms with E-state index < -0.39 is 6.04 Å². The summed E-state index contributed by atoms with van der Waals surface area (Å²) in [5.41, 5.74) is 6.25. The van der Waals surface area contributed by atoms with Gasteiger partial charge < -0.3 is 14.8 Å². The lowest BCUT2D eigenvalue weighted by atomic mass is 9.91. The third kappa shape index (κ3) is 4.87. The van der Waals surface area contributed by atoms with Crippen LogP contribution in [-0.2, 0) is 18.3 Å². The van der Waals surface area contributed by atoms with E-state index in [1.54, 1.807) is 0 Å². The highest BCUT2D eigenvalue weighted by molar-refractivity contribution is 6.03. The number of amides is 2. The maximum atomic E-state index is 14.1. The van der Waals surface area contributed by atoms with E-state index >= 15 is 0 Å². The lowest BCUT2D eigenvalue weighted by molar-refractivity contribution is -0.128. The highest BCUT2D eigenvalue weighted by Gasteiger charge is 2.47. The van der Waals surface area contributed by atoms with E-state index in [1.165, 1.54) is 5.56 Å². The van der Waals surface area contributed by atoms with Crippen molar-refractivity contribution >= 4 is 22.7 Å². The number of para-hydroxylation sites is 1. The largest absolute Gasteiger partial charge is 0.352 e. The standard InChI is InChI=1S/C34H39N3O2/c1-6-22(2)31(33(38)35-23(3)20-21-25-14-8-7-9-15-25)37-32(26-16-10-11-17-27(26)34(37)39)30-24(4)36(5)29-19-13-12-18-28(29)30/h7-19,22-23,31-32H,6,20-21H2,1-5H3,(H,35,38). The van der Waals surface area contributed by atoms with E-state index in [0.717, 1.165) is 47.0 Å². The fourth-order valence-corrected chi connectivity index (χ4v) is 6.12. The van der Waals surface area contributed by atoms with Gasteiger partial charge in [-0.1, -0.05) is 87.0 Å². The zero-order valence-corrected chi connectivity index (χ0v) is 23.6. The number of hydrogen-bond donors (Lipinski definition) is 1. The third-order valence-electron chi connectivity index (χ3n) is 8.57. The minimum Gasteiger partial charge on any atom is -0.352 e. The first-order valence-corrected chi connectivity index (χ1v) is 14.1. The Labute approximate surface area is 231 Å². The van der Waals surface area contributed by atoms with E-state index in [0.29, 0.717) is 5.56 Å². The van der Waals surface area contributed by atoms with Crippen LogP contribution in [0.4, 0.5) is 0 Å². The highest BCUT2D eigenvalue weighted by Crippen LogP contribution is 2.45. The maximum absolute atomic E-state index is 14.1. The summed E-state index contributed by atoms with van der Waals surface area (Å²) in [4.78, 5) is 30.1. The van der Waals surface area contributed by atoms with Gasteiger partial charge in [0.25, 0.3) is 5.91 Å². The molecule has 0 fully saturated rings. The van der Waals surface area contributed by atoms with Crippen molar-refractivity contribution in [1.29, 1.82) is 0 Å². The molecule has 1 aromatic heterocycles. The predicted molar refractivity (Wildman–Crippen MR) is 158 cm³/mol. The van der Waals surface area contributed by atoms with Crippen molar-refractivity contribution in [2.45, 2.75) is 65.1 Å². The van der Waals surface area contributed by atoms with Crippen LogP contribution in [0.5, 0.6) is 0 Å². The summed E-state index contributed by atoms with van der Waals surface area (Å²) in [7, 11) is 2.07. The molecular formula is C34H39N3O2. The first kappa shape index (κ1) is 26.7. The van der Waals surface area contributed by atoms with Crippen LogP contribution in [0.15, 0.2) is 78.9 Å². The lowest BCUT2D eigenvalue weighted by Crippen LogP contribution is -2.53. The van der Waals surface area contributed by atoms with E-state index in [4.69, 9.17) is 0 Å². The van der Waals surface area contributed by atoms with Crippen molar-refractivity contribution in [3.8, 4) is 0 Å². The monoisotopic (exact) mass is 521 g/mol. The van der Waals surface area contributed by atoms with Crippen LogP contribution in [0.3, 0.4) is 0 Å². The zero-order valence-electron chi connectivity index (χ0n) is 23.6. The number of carbonyl (C=O) groups excluding carboxylic acids is 2. The summed E-state index contributed by atoms with van der Waals surface area (Å²) in [6.07, 6.45) is 2.52. The lowest BCUT2D eigenvalue weighted by Gasteiger charge is -2.37. The molecule has 0 bridgehead atoms. The number of aryl methyl sites for hydroxylation is 2. The van der Waals surface area contributed by atoms with Crippen molar-refractivity contribution in [2.75, 3.05) is 0 Å². The van der Waals surface area contributed by atoms with Gasteiger partial charge in [0.2, 0.25) is 5.91 Å². The molecule has 1 aliphatic rings. The average Bonchev–Trinajstić information content (AvgIpc) is 3.37. The molecule has 0 aliphatic carbocycles. The molecule has 0 radical (unpaired) electrons. The van der Waals surface area contributed by atoms with Crippen molar-refractivity contribution < 1.29 is 9.59 Å². The van der Waals surface area contributed by atoms with Crippen LogP contribution in [-0.4, -0.2) is 33.4 Å².